The molecule has 0 unspecified atom stereocenters. The third-order valence-electron chi connectivity index (χ3n) is 0.577. The van der Waals surface area contributed by atoms with E-state index < -0.39 is 0 Å². The molecule has 1 radical (unpaired) electrons. The van der Waals surface area contributed by atoms with Gasteiger partial charge in [-0.15, -0.1) is 5.53 Å². The van der Waals surface area contributed by atoms with Gasteiger partial charge >= 0.3 is 45.1 Å². The molecule has 1 N–H and O–H groups in total. The number of nitrogens with one attached hydrogen (secondary N) is 1. The summed E-state index contributed by atoms with van der Waals surface area (Å²) in [5, 5.41) is 0. The van der Waals surface area contributed by atoms with E-state index in [-0.39, 0.29) is 22.9 Å². The molecule has 0 saturated carbocycles. The Morgan fingerprint density at radius 3 is 1.75 bits per heavy atom. The normalized spacial score (nSPS) is 5.75. The molecule has 0 amide bonds. The predicted octanol–water partition coefficient (Wildman–Crippen LogP) is 2.44. The molecule has 0 aliphatic carbocycles. The molecule has 0 atom stereocenters. The first kappa shape index (κ1) is 11.0. The number of hydrogen-bond acceptors (Lipinski definition) is 1. The summed E-state index contributed by atoms with van der Waals surface area (Å²) in [6, 6.07) is 0. The maximum absolute atomic E-state index is 6.86. The first-order chi connectivity index (χ1) is 3.83. The second-order valence-electron chi connectivity index (χ2n) is 1.21. The second-order valence-corrected chi connectivity index (χ2v) is 7.51. The maximum Gasteiger partial charge on any atom is -0.00208 e. The minimum absolute atomic E-state index is 0.0800. The summed E-state index contributed by atoms with van der Waals surface area (Å²) in [7, 11) is 0. The van der Waals surface area contributed by atoms with Crippen LogP contribution >= 0.6 is 0 Å². The monoisotopic (exact) mass is 216 g/mol. The van der Waals surface area contributed by atoms with E-state index in [1.54, 1.807) is 4.91 Å². The number of rotatable bonds is 2. The molecule has 0 bridgehead atoms. The van der Waals surface area contributed by atoms with Gasteiger partial charge in [-0.1, -0.05) is 0 Å². The van der Waals surface area contributed by atoms with Crippen molar-refractivity contribution in [2.45, 2.75) is 22.2 Å². The Morgan fingerprint density at radius 1 is 1.50 bits per heavy atom. The Kier molecular flexibility index (Phi) is 21.7. The molecule has 3 nitrogen and oxygen atoms in total. The van der Waals surface area contributed by atoms with Crippen LogP contribution in [0.25, 0.3) is 10.4 Å². The van der Waals surface area contributed by atoms with Gasteiger partial charge in [0.25, 0.3) is 0 Å². The molecular formula is C4H11InN3. The van der Waals surface area contributed by atoms with Gasteiger partial charge in [-0.25, -0.2) is 0 Å². The summed E-state index contributed by atoms with van der Waals surface area (Å²) in [6.45, 7) is 4.59. The molecular weight excluding hydrogens is 205 g/mol. The standard InChI is InChI=1S/2C2H5.In.HN3/c2*1-2;;1-3-2/h2*1H2,2H3;;1H. The summed E-state index contributed by atoms with van der Waals surface area (Å²) < 4.78 is 3.07. The summed E-state index contributed by atoms with van der Waals surface area (Å²) in [6.07, 6.45) is 0. The van der Waals surface area contributed by atoms with E-state index in [4.69, 9.17) is 11.1 Å². The fourth-order valence-corrected chi connectivity index (χ4v) is 1.94. The Labute approximate surface area is 61.2 Å². The molecule has 0 fully saturated rings. The van der Waals surface area contributed by atoms with Crippen LogP contribution in [0.15, 0.2) is 0 Å². The number of nitrogens with zero attached hydrogens (tertiary/aromatic N) is 2. The van der Waals surface area contributed by atoms with E-state index in [0.717, 1.165) is 0 Å². The van der Waals surface area contributed by atoms with E-state index in [1.165, 1.54) is 8.35 Å². The van der Waals surface area contributed by atoms with Crippen LogP contribution in [0.5, 0.6) is 0 Å². The van der Waals surface area contributed by atoms with Crippen LogP contribution in [0.3, 0.4) is 0 Å². The van der Waals surface area contributed by atoms with Gasteiger partial charge in [0.05, 0.1) is 0 Å². The molecule has 8 heavy (non-hydrogen) atoms. The summed E-state index contributed by atoms with van der Waals surface area (Å²) in [4.78, 5) is 1.75. The molecule has 0 aliphatic heterocycles. The SMILES string of the molecule is C[CH2][In][CH2]C.[N-]=[N+]=N. The Hall–Kier alpha value is 0.180. The summed E-state index contributed by atoms with van der Waals surface area (Å²) in [5.74, 6) is 0. The zero-order valence-corrected chi connectivity index (χ0v) is 8.68. The maximum atomic E-state index is 6.86. The molecule has 0 rings (SSSR count). The first-order valence-corrected chi connectivity index (χ1v) is 7.32. The Bertz CT molecular complexity index is 56.3. The van der Waals surface area contributed by atoms with Crippen LogP contribution in [0.4, 0.5) is 0 Å². The van der Waals surface area contributed by atoms with Gasteiger partial charge in [0.2, 0.25) is 0 Å². The van der Waals surface area contributed by atoms with E-state index >= 15 is 0 Å². The molecule has 0 aromatic rings. The van der Waals surface area contributed by atoms with E-state index in [0.29, 0.717) is 0 Å². The van der Waals surface area contributed by atoms with Crippen LogP contribution in [0.2, 0.25) is 8.35 Å². The van der Waals surface area contributed by atoms with Crippen LogP contribution in [-0.2, 0) is 0 Å². The fourth-order valence-electron chi connectivity index (χ4n) is 0.289. The van der Waals surface area contributed by atoms with Crippen molar-refractivity contribution >= 4 is 22.9 Å². The minimum Gasteiger partial charge on any atom is -0.108 e. The van der Waals surface area contributed by atoms with E-state index in [2.05, 4.69) is 13.8 Å². The van der Waals surface area contributed by atoms with Gasteiger partial charge in [-0.3, -0.25) is 0 Å². The number of hydrogen-bond donors (Lipinski definition) is 1. The minimum atomic E-state index is 0.0800. The van der Waals surface area contributed by atoms with Crippen LogP contribution in [0, 0.1) is 5.53 Å². The molecule has 45 valence electrons. The second kappa shape index (κ2) is 15.7. The topological polar surface area (TPSA) is 60.3 Å². The smallest absolute Gasteiger partial charge is 0.00208 e. The molecule has 0 aliphatic rings. The summed E-state index contributed by atoms with van der Waals surface area (Å²) in [5.41, 5.74) is 12.2. The van der Waals surface area contributed by atoms with Crippen molar-refractivity contribution < 1.29 is 0 Å². The van der Waals surface area contributed by atoms with E-state index in [9.17, 15) is 0 Å². The van der Waals surface area contributed by atoms with Crippen molar-refractivity contribution in [1.29, 1.82) is 5.53 Å². The van der Waals surface area contributed by atoms with Crippen LogP contribution in [0.1, 0.15) is 13.8 Å². The predicted molar refractivity (Wildman–Crippen MR) is 36.2 cm³/mol. The van der Waals surface area contributed by atoms with Crippen LogP contribution < -0.4 is 0 Å². The van der Waals surface area contributed by atoms with Crippen molar-refractivity contribution in [3.63, 3.8) is 0 Å². The Balaban J connectivity index is 0. The van der Waals surface area contributed by atoms with Crippen LogP contribution in [-0.4, -0.2) is 22.9 Å². The summed E-state index contributed by atoms with van der Waals surface area (Å²) >= 11 is 0.0800. The largest absolute Gasteiger partial charge is 0.108 e. The quantitative estimate of drug-likeness (QED) is 0.418. The van der Waals surface area contributed by atoms with Crippen molar-refractivity contribution in [2.24, 2.45) is 0 Å². The molecule has 0 heterocycles. The molecule has 0 spiro atoms. The zero-order valence-electron chi connectivity index (χ0n) is 5.39. The molecule has 4 heteroatoms. The van der Waals surface area contributed by atoms with Gasteiger partial charge in [-0.2, -0.15) is 0 Å². The zero-order chi connectivity index (χ0) is 6.83. The Morgan fingerprint density at radius 2 is 1.75 bits per heavy atom. The van der Waals surface area contributed by atoms with Gasteiger partial charge in [0.1, 0.15) is 0 Å². The molecule has 0 aromatic carbocycles. The fraction of sp³-hybridized carbons (Fsp3) is 1.00. The molecule has 0 saturated heterocycles. The van der Waals surface area contributed by atoms with Crippen molar-refractivity contribution in [3.05, 3.63) is 10.4 Å². The first-order valence-electron chi connectivity index (χ1n) is 2.65. The van der Waals surface area contributed by atoms with E-state index in [1.807, 2.05) is 0 Å². The average Bonchev–Trinajstić information content (AvgIpc) is 1.71. The van der Waals surface area contributed by atoms with Gasteiger partial charge in [0.15, 0.2) is 0 Å². The van der Waals surface area contributed by atoms with Crippen molar-refractivity contribution in [2.75, 3.05) is 0 Å². The molecule has 0 aromatic heterocycles. The van der Waals surface area contributed by atoms with Crippen molar-refractivity contribution in [3.8, 4) is 0 Å². The van der Waals surface area contributed by atoms with Crippen molar-refractivity contribution in [1.82, 2.24) is 0 Å². The third kappa shape index (κ3) is 34.9. The van der Waals surface area contributed by atoms with Gasteiger partial charge in [0, 0.05) is 0 Å². The average molecular weight is 216 g/mol. The van der Waals surface area contributed by atoms with Gasteiger partial charge in [-0.05, 0) is 10.4 Å². The van der Waals surface area contributed by atoms with Gasteiger partial charge < -0.3 is 0 Å². The third-order valence-corrected chi connectivity index (χ3v) is 3.87.